The zero-order valence-electron chi connectivity index (χ0n) is 19.6. The highest BCUT2D eigenvalue weighted by molar-refractivity contribution is 6.32. The number of nitrogens with zero attached hydrogens (tertiary/aromatic N) is 1. The molecule has 7 nitrogen and oxygen atoms in total. The number of halogens is 1. The van der Waals surface area contributed by atoms with E-state index in [-0.39, 0.29) is 24.0 Å². The van der Waals surface area contributed by atoms with Crippen LogP contribution >= 0.6 is 11.6 Å². The number of hydrazone groups is 1. The molecule has 0 fully saturated rings. The second-order valence-corrected chi connectivity index (χ2v) is 9.64. The van der Waals surface area contributed by atoms with Crippen LogP contribution in [0.4, 0.5) is 5.69 Å². The molecule has 8 heteroatoms. The number of aliphatic hydroxyl groups excluding tert-OH is 1. The third-order valence-corrected chi connectivity index (χ3v) is 5.82. The molecule has 2 unspecified atom stereocenters. The van der Waals surface area contributed by atoms with Crippen LogP contribution in [0.25, 0.3) is 0 Å². The number of hydrogen-bond acceptors (Lipinski definition) is 6. The number of hydrogen-bond donors (Lipinski definition) is 4. The van der Waals surface area contributed by atoms with Gasteiger partial charge in [0, 0.05) is 36.7 Å². The minimum absolute atomic E-state index is 0.0464. The molecule has 3 rings (SSSR count). The van der Waals surface area contributed by atoms with Gasteiger partial charge < -0.3 is 20.5 Å². The van der Waals surface area contributed by atoms with Crippen LogP contribution in [0, 0.1) is 12.8 Å². The number of carbonyl (C=O) groups is 1. The number of ether oxygens (including phenoxy) is 1. The van der Waals surface area contributed by atoms with Crippen molar-refractivity contribution in [1.82, 2.24) is 10.7 Å². The summed E-state index contributed by atoms with van der Waals surface area (Å²) in [5.41, 5.74) is 6.23. The standard InChI is InChI=1S/C25H33ClN4O3/c1-16-5-10-21(26)22(11-16)33-14-20(31)13-28-25(3,4)15-27-19-8-6-18(7-9-19)24-17(2)12-23(32)29-30-24/h5-11,17,20,27-28,31H,12-15H2,1-4H3,(H,29,32). The third-order valence-electron chi connectivity index (χ3n) is 5.51. The van der Waals surface area contributed by atoms with Crippen LogP contribution in [-0.2, 0) is 4.79 Å². The largest absolute Gasteiger partial charge is 0.489 e. The predicted molar refractivity (Wildman–Crippen MR) is 133 cm³/mol. The first kappa shape index (κ1) is 25.0. The van der Waals surface area contributed by atoms with Gasteiger partial charge in [-0.05, 0) is 56.2 Å². The SMILES string of the molecule is Cc1ccc(Cl)c(OCC(O)CNC(C)(C)CNc2ccc(C3=NNC(=O)CC3C)cc2)c1. The van der Waals surface area contributed by atoms with Crippen molar-refractivity contribution < 1.29 is 14.6 Å². The Balaban J connectivity index is 1.44. The number of benzene rings is 2. The topological polar surface area (TPSA) is 95.0 Å². The van der Waals surface area contributed by atoms with E-state index in [9.17, 15) is 9.90 Å². The number of aliphatic hydroxyl groups is 1. The van der Waals surface area contributed by atoms with E-state index in [0.29, 0.717) is 30.3 Å². The molecule has 1 aliphatic rings. The number of amides is 1. The van der Waals surface area contributed by atoms with Crippen LogP contribution in [0.1, 0.15) is 38.3 Å². The normalized spacial score (nSPS) is 17.2. The maximum Gasteiger partial charge on any atom is 0.240 e. The molecule has 1 amide bonds. The molecule has 0 saturated heterocycles. The molecule has 0 saturated carbocycles. The highest BCUT2D eigenvalue weighted by Gasteiger charge is 2.22. The Morgan fingerprint density at radius 1 is 1.27 bits per heavy atom. The summed E-state index contributed by atoms with van der Waals surface area (Å²) in [5, 5.41) is 21.9. The van der Waals surface area contributed by atoms with Crippen LogP contribution in [0.5, 0.6) is 5.75 Å². The van der Waals surface area contributed by atoms with E-state index in [4.69, 9.17) is 16.3 Å². The van der Waals surface area contributed by atoms with E-state index >= 15 is 0 Å². The molecule has 0 aromatic heterocycles. The summed E-state index contributed by atoms with van der Waals surface area (Å²) in [4.78, 5) is 11.4. The lowest BCUT2D eigenvalue weighted by Crippen LogP contribution is -2.49. The molecule has 1 heterocycles. The van der Waals surface area contributed by atoms with Crippen molar-refractivity contribution in [3.8, 4) is 5.75 Å². The van der Waals surface area contributed by atoms with Crippen molar-refractivity contribution in [2.45, 2.75) is 45.8 Å². The second kappa shape index (κ2) is 11.0. The van der Waals surface area contributed by atoms with Gasteiger partial charge in [-0.25, -0.2) is 5.43 Å². The van der Waals surface area contributed by atoms with Crippen LogP contribution < -0.4 is 20.8 Å². The van der Waals surface area contributed by atoms with Gasteiger partial charge in [-0.15, -0.1) is 0 Å². The van der Waals surface area contributed by atoms with Crippen molar-refractivity contribution >= 4 is 28.9 Å². The maximum atomic E-state index is 11.4. The van der Waals surface area contributed by atoms with Crippen LogP contribution in [0.15, 0.2) is 47.6 Å². The van der Waals surface area contributed by atoms with Gasteiger partial charge in [0.05, 0.1) is 10.7 Å². The van der Waals surface area contributed by atoms with E-state index in [0.717, 1.165) is 22.5 Å². The second-order valence-electron chi connectivity index (χ2n) is 9.23. The maximum absolute atomic E-state index is 11.4. The molecule has 0 radical (unpaired) electrons. The number of β-amino-alcohol motifs (C(OH)–C–C–N with tert-alkyl or cyclic N) is 1. The Bertz CT molecular complexity index is 992. The van der Waals surface area contributed by atoms with E-state index in [2.05, 4.69) is 35.0 Å². The Hall–Kier alpha value is -2.61. The van der Waals surface area contributed by atoms with Gasteiger partial charge in [-0.1, -0.05) is 36.7 Å². The molecule has 33 heavy (non-hydrogen) atoms. The van der Waals surface area contributed by atoms with Gasteiger partial charge in [0.2, 0.25) is 5.91 Å². The molecule has 2 atom stereocenters. The van der Waals surface area contributed by atoms with E-state index in [1.54, 1.807) is 6.07 Å². The first-order valence-corrected chi connectivity index (χ1v) is 11.5. The lowest BCUT2D eigenvalue weighted by Gasteiger charge is -2.28. The van der Waals surface area contributed by atoms with Crippen LogP contribution in [0.2, 0.25) is 5.02 Å². The fourth-order valence-electron chi connectivity index (χ4n) is 3.51. The first-order valence-electron chi connectivity index (χ1n) is 11.2. The summed E-state index contributed by atoms with van der Waals surface area (Å²) in [5.74, 6) is 0.629. The molecule has 1 aliphatic heterocycles. The number of anilines is 1. The molecular weight excluding hydrogens is 440 g/mol. The number of rotatable bonds is 10. The zero-order valence-corrected chi connectivity index (χ0v) is 20.4. The van der Waals surface area contributed by atoms with Crippen LogP contribution in [-0.4, -0.2) is 48.1 Å². The van der Waals surface area contributed by atoms with Gasteiger partial charge in [0.25, 0.3) is 0 Å². The van der Waals surface area contributed by atoms with E-state index in [1.807, 2.05) is 50.2 Å². The predicted octanol–water partition coefficient (Wildman–Crippen LogP) is 3.73. The van der Waals surface area contributed by atoms with Gasteiger partial charge in [-0.2, -0.15) is 5.10 Å². The van der Waals surface area contributed by atoms with Gasteiger partial charge in [0.15, 0.2) is 0 Å². The fourth-order valence-corrected chi connectivity index (χ4v) is 3.68. The fraction of sp³-hybridized carbons (Fsp3) is 0.440. The number of carbonyl (C=O) groups excluding carboxylic acids is 1. The van der Waals surface area contributed by atoms with Crippen molar-refractivity contribution in [2.75, 3.05) is 25.0 Å². The van der Waals surface area contributed by atoms with Crippen molar-refractivity contribution in [3.63, 3.8) is 0 Å². The summed E-state index contributed by atoms with van der Waals surface area (Å²) < 4.78 is 5.68. The van der Waals surface area contributed by atoms with Crippen molar-refractivity contribution in [1.29, 1.82) is 0 Å². The van der Waals surface area contributed by atoms with Crippen LogP contribution in [0.3, 0.4) is 0 Å². The molecule has 178 valence electrons. The third kappa shape index (κ3) is 7.45. The Labute approximate surface area is 200 Å². The highest BCUT2D eigenvalue weighted by atomic mass is 35.5. The number of nitrogens with one attached hydrogen (secondary N) is 3. The monoisotopic (exact) mass is 472 g/mol. The summed E-state index contributed by atoms with van der Waals surface area (Å²) in [6, 6.07) is 13.6. The average molecular weight is 473 g/mol. The Morgan fingerprint density at radius 3 is 2.70 bits per heavy atom. The average Bonchev–Trinajstić information content (AvgIpc) is 2.77. The molecular formula is C25H33ClN4O3. The minimum atomic E-state index is -0.668. The summed E-state index contributed by atoms with van der Waals surface area (Å²) in [6.07, 6.45) is -0.216. The van der Waals surface area contributed by atoms with Gasteiger partial charge in [-0.3, -0.25) is 4.79 Å². The molecule has 2 aromatic rings. The highest BCUT2D eigenvalue weighted by Crippen LogP contribution is 2.25. The molecule has 0 bridgehead atoms. The van der Waals surface area contributed by atoms with Gasteiger partial charge in [0.1, 0.15) is 18.5 Å². The van der Waals surface area contributed by atoms with Crippen molar-refractivity contribution in [2.24, 2.45) is 11.0 Å². The first-order chi connectivity index (χ1) is 15.6. The Morgan fingerprint density at radius 2 is 2.00 bits per heavy atom. The zero-order chi connectivity index (χ0) is 24.0. The smallest absolute Gasteiger partial charge is 0.240 e. The summed E-state index contributed by atoms with van der Waals surface area (Å²) >= 11 is 6.14. The molecule has 2 aromatic carbocycles. The summed E-state index contributed by atoms with van der Waals surface area (Å²) in [7, 11) is 0. The lowest BCUT2D eigenvalue weighted by atomic mass is 9.94. The van der Waals surface area contributed by atoms with E-state index < -0.39 is 6.10 Å². The number of aryl methyl sites for hydroxylation is 1. The molecule has 0 spiro atoms. The quantitative estimate of drug-likeness (QED) is 0.422. The molecule has 0 aliphatic carbocycles. The van der Waals surface area contributed by atoms with Crippen molar-refractivity contribution in [3.05, 3.63) is 58.6 Å². The van der Waals surface area contributed by atoms with Gasteiger partial charge >= 0.3 is 0 Å². The Kier molecular flexibility index (Phi) is 8.35. The van der Waals surface area contributed by atoms with E-state index in [1.165, 1.54) is 0 Å². The lowest BCUT2D eigenvalue weighted by molar-refractivity contribution is -0.121. The summed E-state index contributed by atoms with van der Waals surface area (Å²) in [6.45, 7) is 9.32. The molecule has 4 N–H and O–H groups in total. The minimum Gasteiger partial charge on any atom is -0.489 e.